The molecule has 106 valence electrons. The predicted octanol–water partition coefficient (Wildman–Crippen LogP) is 3.30. The summed E-state index contributed by atoms with van der Waals surface area (Å²) in [5.41, 5.74) is 6.72. The van der Waals surface area contributed by atoms with E-state index in [1.807, 2.05) is 36.0 Å². The molecule has 20 heavy (non-hydrogen) atoms. The Morgan fingerprint density at radius 2 is 2.10 bits per heavy atom. The van der Waals surface area contributed by atoms with Crippen LogP contribution in [0.15, 0.2) is 24.3 Å². The van der Waals surface area contributed by atoms with E-state index in [2.05, 4.69) is 21.5 Å². The van der Waals surface area contributed by atoms with Gasteiger partial charge in [-0.25, -0.2) is 4.98 Å². The SMILES string of the molecule is CSC1CCCC(Nc2nc(N)nc3ccccc23)C1. The molecule has 0 aliphatic heterocycles. The van der Waals surface area contributed by atoms with Crippen molar-refractivity contribution >= 4 is 34.4 Å². The standard InChI is InChI=1S/C15H20N4S/c1-20-11-6-4-5-10(9-11)17-14-12-7-2-3-8-13(12)18-15(16)19-14/h2-3,7-8,10-11H,4-6,9H2,1H3,(H3,16,17,18,19). The molecule has 1 saturated carbocycles. The number of nitrogen functional groups attached to an aromatic ring is 1. The molecule has 2 aromatic rings. The summed E-state index contributed by atoms with van der Waals surface area (Å²) in [4.78, 5) is 8.68. The number of aromatic nitrogens is 2. The molecule has 0 amide bonds. The minimum Gasteiger partial charge on any atom is -0.368 e. The van der Waals surface area contributed by atoms with E-state index in [9.17, 15) is 0 Å². The molecule has 1 aliphatic rings. The molecule has 4 nitrogen and oxygen atoms in total. The number of anilines is 2. The Morgan fingerprint density at radius 3 is 2.95 bits per heavy atom. The van der Waals surface area contributed by atoms with Gasteiger partial charge < -0.3 is 11.1 Å². The summed E-state index contributed by atoms with van der Waals surface area (Å²) in [7, 11) is 0. The van der Waals surface area contributed by atoms with Gasteiger partial charge in [0.2, 0.25) is 5.95 Å². The maximum absolute atomic E-state index is 5.82. The zero-order valence-corrected chi connectivity index (χ0v) is 12.5. The predicted molar refractivity (Wildman–Crippen MR) is 87.1 cm³/mol. The van der Waals surface area contributed by atoms with Crippen LogP contribution in [-0.4, -0.2) is 27.5 Å². The molecule has 0 radical (unpaired) electrons. The van der Waals surface area contributed by atoms with Crippen molar-refractivity contribution in [3.05, 3.63) is 24.3 Å². The maximum atomic E-state index is 5.82. The van der Waals surface area contributed by atoms with Gasteiger partial charge in [-0.05, 0) is 37.7 Å². The van der Waals surface area contributed by atoms with Crippen LogP contribution in [0.2, 0.25) is 0 Å². The van der Waals surface area contributed by atoms with E-state index in [-0.39, 0.29) is 0 Å². The van der Waals surface area contributed by atoms with Gasteiger partial charge in [-0.3, -0.25) is 0 Å². The molecular formula is C15H20N4S. The first-order valence-electron chi connectivity index (χ1n) is 7.08. The summed E-state index contributed by atoms with van der Waals surface area (Å²) in [5.74, 6) is 1.21. The monoisotopic (exact) mass is 288 g/mol. The van der Waals surface area contributed by atoms with E-state index in [0.717, 1.165) is 22.0 Å². The molecule has 1 aromatic heterocycles. The van der Waals surface area contributed by atoms with Crippen LogP contribution in [0.25, 0.3) is 10.9 Å². The fourth-order valence-corrected chi connectivity index (χ4v) is 3.72. The van der Waals surface area contributed by atoms with Crippen molar-refractivity contribution in [2.24, 2.45) is 0 Å². The number of para-hydroxylation sites is 1. The van der Waals surface area contributed by atoms with Crippen LogP contribution in [0.5, 0.6) is 0 Å². The molecule has 0 spiro atoms. The first-order valence-corrected chi connectivity index (χ1v) is 8.36. The summed E-state index contributed by atoms with van der Waals surface area (Å²) >= 11 is 1.97. The number of benzene rings is 1. The van der Waals surface area contributed by atoms with Crippen molar-refractivity contribution in [1.29, 1.82) is 0 Å². The maximum Gasteiger partial charge on any atom is 0.222 e. The molecule has 2 unspecified atom stereocenters. The van der Waals surface area contributed by atoms with E-state index in [1.54, 1.807) is 0 Å². The Balaban J connectivity index is 1.86. The lowest BCUT2D eigenvalue weighted by molar-refractivity contribution is 0.473. The Morgan fingerprint density at radius 1 is 1.25 bits per heavy atom. The fourth-order valence-electron chi connectivity index (χ4n) is 2.89. The van der Waals surface area contributed by atoms with Crippen molar-refractivity contribution in [2.75, 3.05) is 17.3 Å². The Hall–Kier alpha value is -1.49. The molecule has 1 aromatic carbocycles. The van der Waals surface area contributed by atoms with E-state index in [4.69, 9.17) is 5.73 Å². The number of hydrogen-bond donors (Lipinski definition) is 2. The van der Waals surface area contributed by atoms with Gasteiger partial charge in [-0.2, -0.15) is 16.7 Å². The van der Waals surface area contributed by atoms with E-state index in [0.29, 0.717) is 12.0 Å². The number of rotatable bonds is 3. The quantitative estimate of drug-likeness (QED) is 0.907. The lowest BCUT2D eigenvalue weighted by Crippen LogP contribution is -2.29. The normalized spacial score (nSPS) is 22.9. The van der Waals surface area contributed by atoms with Gasteiger partial charge in [0, 0.05) is 16.7 Å². The molecule has 3 rings (SSSR count). The third-order valence-electron chi connectivity index (χ3n) is 3.92. The van der Waals surface area contributed by atoms with Crippen LogP contribution in [0.4, 0.5) is 11.8 Å². The molecule has 3 N–H and O–H groups in total. The summed E-state index contributed by atoms with van der Waals surface area (Å²) in [6.07, 6.45) is 7.20. The fraction of sp³-hybridized carbons (Fsp3) is 0.467. The van der Waals surface area contributed by atoms with Gasteiger partial charge >= 0.3 is 0 Å². The summed E-state index contributed by atoms with van der Waals surface area (Å²) in [6, 6.07) is 8.50. The van der Waals surface area contributed by atoms with Crippen molar-refractivity contribution in [1.82, 2.24) is 9.97 Å². The number of nitrogens with two attached hydrogens (primary N) is 1. The third-order valence-corrected chi connectivity index (χ3v) is 5.02. The molecule has 0 bridgehead atoms. The van der Waals surface area contributed by atoms with Crippen LogP contribution in [-0.2, 0) is 0 Å². The second kappa shape index (κ2) is 5.87. The Bertz CT molecular complexity index is 601. The van der Waals surface area contributed by atoms with Crippen molar-refractivity contribution in [3.8, 4) is 0 Å². The van der Waals surface area contributed by atoms with Crippen molar-refractivity contribution < 1.29 is 0 Å². The zero-order valence-electron chi connectivity index (χ0n) is 11.7. The number of nitrogens with zero attached hydrogens (tertiary/aromatic N) is 2. The largest absolute Gasteiger partial charge is 0.368 e. The average Bonchev–Trinajstić information content (AvgIpc) is 2.47. The van der Waals surface area contributed by atoms with E-state index >= 15 is 0 Å². The summed E-state index contributed by atoms with van der Waals surface area (Å²) in [6.45, 7) is 0. The minimum absolute atomic E-state index is 0.337. The second-order valence-corrected chi connectivity index (χ2v) is 6.45. The molecule has 1 aliphatic carbocycles. The van der Waals surface area contributed by atoms with Crippen LogP contribution < -0.4 is 11.1 Å². The van der Waals surface area contributed by atoms with E-state index < -0.39 is 0 Å². The average molecular weight is 288 g/mol. The topological polar surface area (TPSA) is 63.8 Å². The number of nitrogens with one attached hydrogen (secondary N) is 1. The van der Waals surface area contributed by atoms with Crippen molar-refractivity contribution in [3.63, 3.8) is 0 Å². The Kier molecular flexibility index (Phi) is 3.96. The lowest BCUT2D eigenvalue weighted by Gasteiger charge is -2.29. The molecule has 2 atom stereocenters. The van der Waals surface area contributed by atoms with Gasteiger partial charge in [0.15, 0.2) is 0 Å². The molecule has 5 heteroatoms. The second-order valence-electron chi connectivity index (χ2n) is 5.31. The highest BCUT2D eigenvalue weighted by molar-refractivity contribution is 7.99. The van der Waals surface area contributed by atoms with E-state index in [1.165, 1.54) is 25.7 Å². The highest BCUT2D eigenvalue weighted by atomic mass is 32.2. The zero-order chi connectivity index (χ0) is 13.9. The lowest BCUT2D eigenvalue weighted by atomic mass is 9.95. The third kappa shape index (κ3) is 2.82. The highest BCUT2D eigenvalue weighted by Gasteiger charge is 2.22. The number of fused-ring (bicyclic) bond motifs is 1. The van der Waals surface area contributed by atoms with Crippen molar-refractivity contribution in [2.45, 2.75) is 37.0 Å². The van der Waals surface area contributed by atoms with Crippen LogP contribution in [0.1, 0.15) is 25.7 Å². The van der Waals surface area contributed by atoms with Crippen LogP contribution in [0, 0.1) is 0 Å². The molecule has 1 heterocycles. The van der Waals surface area contributed by atoms with Crippen LogP contribution >= 0.6 is 11.8 Å². The smallest absolute Gasteiger partial charge is 0.222 e. The molecular weight excluding hydrogens is 268 g/mol. The van der Waals surface area contributed by atoms with Gasteiger partial charge in [0.25, 0.3) is 0 Å². The molecule has 1 fully saturated rings. The van der Waals surface area contributed by atoms with Gasteiger partial charge in [-0.15, -0.1) is 0 Å². The minimum atomic E-state index is 0.337. The number of hydrogen-bond acceptors (Lipinski definition) is 5. The highest BCUT2D eigenvalue weighted by Crippen LogP contribution is 2.30. The summed E-state index contributed by atoms with van der Waals surface area (Å²) in [5, 5.41) is 5.39. The molecule has 0 saturated heterocycles. The van der Waals surface area contributed by atoms with Crippen LogP contribution in [0.3, 0.4) is 0 Å². The van der Waals surface area contributed by atoms with Gasteiger partial charge in [0.05, 0.1) is 5.52 Å². The van der Waals surface area contributed by atoms with Gasteiger partial charge in [0.1, 0.15) is 5.82 Å². The first-order chi connectivity index (χ1) is 9.76. The first kappa shape index (κ1) is 13.5. The number of thioether (sulfide) groups is 1. The summed E-state index contributed by atoms with van der Waals surface area (Å²) < 4.78 is 0. The van der Waals surface area contributed by atoms with Gasteiger partial charge in [-0.1, -0.05) is 18.6 Å². The Labute approximate surface area is 123 Å².